The number of carbonyl (C=O) groups excluding carboxylic acids is 1. The molecule has 0 saturated heterocycles. The Hall–Kier alpha value is -1.22. The van der Waals surface area contributed by atoms with Crippen LogP contribution in [-0.2, 0) is 11.2 Å². The Labute approximate surface area is 105 Å². The van der Waals surface area contributed by atoms with Gasteiger partial charge >= 0.3 is 0 Å². The maximum atomic E-state index is 11.9. The lowest BCUT2D eigenvalue weighted by Gasteiger charge is -2.24. The number of nitrogens with zero attached hydrogens (tertiary/aromatic N) is 1. The summed E-state index contributed by atoms with van der Waals surface area (Å²) in [6, 6.07) is 8.07. The summed E-state index contributed by atoms with van der Waals surface area (Å²) >= 11 is 1.65. The van der Waals surface area contributed by atoms with Crippen LogP contribution in [0.5, 0.6) is 0 Å². The number of fused-ring (bicyclic) bond motifs is 1. The van der Waals surface area contributed by atoms with Gasteiger partial charge in [-0.1, -0.05) is 31.4 Å². The van der Waals surface area contributed by atoms with E-state index in [0.29, 0.717) is 18.1 Å². The van der Waals surface area contributed by atoms with Crippen molar-refractivity contribution in [2.24, 2.45) is 5.92 Å². The average molecular weight is 245 g/mol. The molecule has 1 aliphatic carbocycles. The largest absolute Gasteiger partial charge is 0.299 e. The topological polar surface area (TPSA) is 30.0 Å². The Morgan fingerprint density at radius 3 is 2.88 bits per heavy atom. The van der Waals surface area contributed by atoms with Crippen molar-refractivity contribution >= 4 is 27.3 Å². The van der Waals surface area contributed by atoms with Crippen LogP contribution in [0, 0.1) is 5.92 Å². The van der Waals surface area contributed by atoms with Gasteiger partial charge in [-0.3, -0.25) is 4.79 Å². The number of ketones is 1. The number of Topliss-reactive ketones (excluding diaryl/α,β-unsaturated/α-hetero) is 1. The number of carbonyl (C=O) groups is 1. The van der Waals surface area contributed by atoms with Gasteiger partial charge in [0.15, 0.2) is 0 Å². The lowest BCUT2D eigenvalue weighted by Crippen LogP contribution is -2.16. The van der Waals surface area contributed by atoms with E-state index >= 15 is 0 Å². The summed E-state index contributed by atoms with van der Waals surface area (Å²) < 4.78 is 1.18. The first kappa shape index (κ1) is 10.9. The van der Waals surface area contributed by atoms with Crippen molar-refractivity contribution in [2.45, 2.75) is 32.1 Å². The molecule has 1 heterocycles. The van der Waals surface area contributed by atoms with Crippen LogP contribution in [0.15, 0.2) is 24.3 Å². The molecule has 0 amide bonds. The molecular weight excluding hydrogens is 230 g/mol. The minimum absolute atomic E-state index is 0.355. The first-order valence-electron chi connectivity index (χ1n) is 6.17. The molecule has 0 aliphatic heterocycles. The zero-order chi connectivity index (χ0) is 11.7. The molecule has 0 N–H and O–H groups in total. The summed E-state index contributed by atoms with van der Waals surface area (Å²) in [5, 5.41) is 0.968. The fourth-order valence-corrected chi connectivity index (χ4v) is 3.25. The number of rotatable bonds is 4. The predicted octanol–water partition coefficient (Wildman–Crippen LogP) is 3.60. The van der Waals surface area contributed by atoms with E-state index in [2.05, 4.69) is 11.1 Å². The highest BCUT2D eigenvalue weighted by atomic mass is 32.1. The molecule has 1 saturated carbocycles. The zero-order valence-corrected chi connectivity index (χ0v) is 10.5. The maximum Gasteiger partial charge on any atom is 0.139 e. The van der Waals surface area contributed by atoms with E-state index in [4.69, 9.17) is 0 Å². The summed E-state index contributed by atoms with van der Waals surface area (Å²) in [4.78, 5) is 16.4. The van der Waals surface area contributed by atoms with E-state index < -0.39 is 0 Å². The van der Waals surface area contributed by atoms with E-state index in [1.54, 1.807) is 11.3 Å². The fraction of sp³-hybridized carbons (Fsp3) is 0.429. The van der Waals surface area contributed by atoms with E-state index in [0.717, 1.165) is 16.9 Å². The molecule has 0 atom stereocenters. The summed E-state index contributed by atoms with van der Waals surface area (Å²) in [6.07, 6.45) is 5.07. The smallest absolute Gasteiger partial charge is 0.139 e. The average Bonchev–Trinajstić information content (AvgIpc) is 2.65. The van der Waals surface area contributed by atoms with Crippen molar-refractivity contribution in [3.05, 3.63) is 29.3 Å². The third kappa shape index (κ3) is 2.39. The predicted molar refractivity (Wildman–Crippen MR) is 70.3 cm³/mol. The normalized spacial score (nSPS) is 16.0. The van der Waals surface area contributed by atoms with Crippen molar-refractivity contribution in [3.8, 4) is 0 Å². The van der Waals surface area contributed by atoms with Crippen LogP contribution in [0.4, 0.5) is 0 Å². The van der Waals surface area contributed by atoms with Crippen LogP contribution in [0.2, 0.25) is 0 Å². The Bertz CT molecular complexity index is 509. The van der Waals surface area contributed by atoms with Gasteiger partial charge in [-0.2, -0.15) is 0 Å². The van der Waals surface area contributed by atoms with Crippen molar-refractivity contribution in [1.82, 2.24) is 4.98 Å². The summed E-state index contributed by atoms with van der Waals surface area (Å²) in [5.74, 6) is 1.02. The quantitative estimate of drug-likeness (QED) is 0.823. The standard InChI is InChI=1S/C14H15NOS/c16-11(8-10-4-3-5-10)9-14-15-12-6-1-2-7-13(12)17-14/h1-2,6-7,10H,3-5,8-9H2. The molecule has 0 bridgehead atoms. The first-order chi connectivity index (χ1) is 8.31. The molecule has 17 heavy (non-hydrogen) atoms. The second-order valence-electron chi connectivity index (χ2n) is 4.79. The summed E-state index contributed by atoms with van der Waals surface area (Å²) in [6.45, 7) is 0. The molecule has 1 fully saturated rings. The number of benzene rings is 1. The zero-order valence-electron chi connectivity index (χ0n) is 9.69. The molecule has 1 aliphatic rings. The summed E-state index contributed by atoms with van der Waals surface area (Å²) in [5.41, 5.74) is 1.02. The molecule has 2 nitrogen and oxygen atoms in total. The number of thiazole rings is 1. The highest BCUT2D eigenvalue weighted by Gasteiger charge is 2.21. The van der Waals surface area contributed by atoms with E-state index in [1.165, 1.54) is 24.0 Å². The molecule has 0 spiro atoms. The molecule has 88 valence electrons. The fourth-order valence-electron chi connectivity index (χ4n) is 2.26. The molecule has 0 radical (unpaired) electrons. The highest BCUT2D eigenvalue weighted by Crippen LogP contribution is 2.30. The van der Waals surface area contributed by atoms with E-state index in [-0.39, 0.29) is 0 Å². The third-order valence-electron chi connectivity index (χ3n) is 3.43. The van der Waals surface area contributed by atoms with Gasteiger partial charge in [-0.05, 0) is 18.1 Å². The molecular formula is C14H15NOS. The van der Waals surface area contributed by atoms with E-state index in [1.807, 2.05) is 18.2 Å². The van der Waals surface area contributed by atoms with Gasteiger partial charge in [0.05, 0.1) is 16.6 Å². The minimum atomic E-state index is 0.355. The van der Waals surface area contributed by atoms with Crippen LogP contribution in [0.1, 0.15) is 30.7 Å². The first-order valence-corrected chi connectivity index (χ1v) is 6.99. The number of aromatic nitrogens is 1. The molecule has 0 unspecified atom stereocenters. The van der Waals surface area contributed by atoms with Crippen molar-refractivity contribution < 1.29 is 4.79 Å². The Kier molecular flexibility index (Phi) is 2.93. The van der Waals surface area contributed by atoms with Crippen molar-refractivity contribution in [1.29, 1.82) is 0 Å². The second-order valence-corrected chi connectivity index (χ2v) is 5.91. The number of hydrogen-bond acceptors (Lipinski definition) is 3. The van der Waals surface area contributed by atoms with Gasteiger partial charge in [0.1, 0.15) is 10.8 Å². The highest BCUT2D eigenvalue weighted by molar-refractivity contribution is 7.18. The van der Waals surface area contributed by atoms with Crippen LogP contribution in [-0.4, -0.2) is 10.8 Å². The van der Waals surface area contributed by atoms with Gasteiger partial charge in [0.2, 0.25) is 0 Å². The Morgan fingerprint density at radius 2 is 2.18 bits per heavy atom. The van der Waals surface area contributed by atoms with Crippen LogP contribution in [0.25, 0.3) is 10.2 Å². The van der Waals surface area contributed by atoms with Crippen molar-refractivity contribution in [2.75, 3.05) is 0 Å². The van der Waals surface area contributed by atoms with Gasteiger partial charge in [0.25, 0.3) is 0 Å². The van der Waals surface area contributed by atoms with Crippen LogP contribution < -0.4 is 0 Å². The van der Waals surface area contributed by atoms with E-state index in [9.17, 15) is 4.79 Å². The number of hydrogen-bond donors (Lipinski definition) is 0. The molecule has 2 aromatic rings. The lowest BCUT2D eigenvalue weighted by atomic mass is 9.81. The summed E-state index contributed by atoms with van der Waals surface area (Å²) in [7, 11) is 0. The third-order valence-corrected chi connectivity index (χ3v) is 4.46. The maximum absolute atomic E-state index is 11.9. The van der Waals surface area contributed by atoms with Gasteiger partial charge in [-0.25, -0.2) is 4.98 Å². The van der Waals surface area contributed by atoms with Crippen molar-refractivity contribution in [3.63, 3.8) is 0 Å². The molecule has 3 rings (SSSR count). The van der Waals surface area contributed by atoms with Crippen LogP contribution >= 0.6 is 11.3 Å². The SMILES string of the molecule is O=C(Cc1nc2ccccc2s1)CC1CCC1. The lowest BCUT2D eigenvalue weighted by molar-refractivity contribution is -0.119. The van der Waals surface area contributed by atoms with Gasteiger partial charge in [0, 0.05) is 6.42 Å². The molecule has 1 aromatic heterocycles. The minimum Gasteiger partial charge on any atom is -0.299 e. The Morgan fingerprint density at radius 1 is 1.35 bits per heavy atom. The molecule has 1 aromatic carbocycles. The van der Waals surface area contributed by atoms with Gasteiger partial charge < -0.3 is 0 Å². The monoisotopic (exact) mass is 245 g/mol. The Balaban J connectivity index is 1.69. The molecule has 3 heteroatoms. The van der Waals surface area contributed by atoms with Gasteiger partial charge in [-0.15, -0.1) is 11.3 Å². The number of para-hydroxylation sites is 1. The van der Waals surface area contributed by atoms with Crippen LogP contribution in [0.3, 0.4) is 0 Å². The second kappa shape index (κ2) is 4.57.